The number of carbonyl (C=O) groups is 1. The molecule has 0 unspecified atom stereocenters. The number of amides is 1. The van der Waals surface area contributed by atoms with E-state index in [1.165, 1.54) is 0 Å². The van der Waals surface area contributed by atoms with E-state index in [2.05, 4.69) is 15.6 Å². The Bertz CT molecular complexity index is 749. The van der Waals surface area contributed by atoms with Gasteiger partial charge in [0.25, 0.3) is 5.91 Å². The van der Waals surface area contributed by atoms with Crippen molar-refractivity contribution >= 4 is 41.5 Å². The van der Waals surface area contributed by atoms with E-state index in [-0.39, 0.29) is 36.5 Å². The number of ether oxygens (including phenoxy) is 1. The van der Waals surface area contributed by atoms with E-state index in [0.29, 0.717) is 13.1 Å². The summed E-state index contributed by atoms with van der Waals surface area (Å²) in [4.78, 5) is 18.1. The number of guanidine groups is 1. The molecule has 27 heavy (non-hydrogen) atoms. The number of nitrogens with one attached hydrogen (secondary N) is 2. The molecule has 1 aromatic heterocycles. The standard InChI is InChI=1S/C19H24N4O3.HI/c1-20-19(22-11-9-15-6-4-13-25-15)21-10-5-12-23-16-7-2-3-8-17(16)26-14-18(23)24;/h2-4,6-8,13H,5,9-12,14H2,1H3,(H2,20,21,22);1H. The van der Waals surface area contributed by atoms with Crippen LogP contribution in [0.15, 0.2) is 52.1 Å². The molecule has 1 aliphatic rings. The zero-order valence-corrected chi connectivity index (χ0v) is 17.6. The third-order valence-corrected chi connectivity index (χ3v) is 4.13. The Kier molecular flexibility index (Phi) is 8.43. The first-order valence-corrected chi connectivity index (χ1v) is 8.77. The Morgan fingerprint density at radius 1 is 1.19 bits per heavy atom. The number of furan rings is 1. The predicted molar refractivity (Wildman–Crippen MR) is 116 cm³/mol. The first-order valence-electron chi connectivity index (χ1n) is 8.77. The van der Waals surface area contributed by atoms with Gasteiger partial charge in [0.2, 0.25) is 0 Å². The topological polar surface area (TPSA) is 79.1 Å². The molecule has 0 radical (unpaired) electrons. The minimum Gasteiger partial charge on any atom is -0.482 e. The normalized spacial score (nSPS) is 13.4. The van der Waals surface area contributed by atoms with Gasteiger partial charge in [-0.1, -0.05) is 12.1 Å². The Labute approximate surface area is 176 Å². The highest BCUT2D eigenvalue weighted by atomic mass is 127. The van der Waals surface area contributed by atoms with Gasteiger partial charge in [0, 0.05) is 33.1 Å². The highest BCUT2D eigenvalue weighted by Gasteiger charge is 2.24. The molecule has 7 nitrogen and oxygen atoms in total. The molecule has 0 spiro atoms. The zero-order valence-electron chi connectivity index (χ0n) is 15.3. The van der Waals surface area contributed by atoms with Crippen molar-refractivity contribution in [1.82, 2.24) is 10.6 Å². The van der Waals surface area contributed by atoms with E-state index in [1.54, 1.807) is 18.2 Å². The van der Waals surface area contributed by atoms with Crippen LogP contribution in [0.1, 0.15) is 12.2 Å². The second-order valence-corrected chi connectivity index (χ2v) is 5.91. The van der Waals surface area contributed by atoms with Gasteiger partial charge in [0.15, 0.2) is 12.6 Å². The summed E-state index contributed by atoms with van der Waals surface area (Å²) in [5.41, 5.74) is 0.838. The lowest BCUT2D eigenvalue weighted by Crippen LogP contribution is -2.42. The molecule has 0 aliphatic carbocycles. The first kappa shape index (κ1) is 21.1. The summed E-state index contributed by atoms with van der Waals surface area (Å²) in [6.07, 6.45) is 3.28. The van der Waals surface area contributed by atoms with Crippen LogP contribution in [0.2, 0.25) is 0 Å². The first-order chi connectivity index (χ1) is 12.8. The molecule has 2 heterocycles. The van der Waals surface area contributed by atoms with Crippen molar-refractivity contribution in [3.63, 3.8) is 0 Å². The van der Waals surface area contributed by atoms with Gasteiger partial charge in [0.1, 0.15) is 11.5 Å². The average Bonchev–Trinajstić information content (AvgIpc) is 3.18. The second kappa shape index (κ2) is 10.8. The van der Waals surface area contributed by atoms with Crippen molar-refractivity contribution in [2.24, 2.45) is 4.99 Å². The minimum absolute atomic E-state index is 0. The zero-order chi connectivity index (χ0) is 18.2. The lowest BCUT2D eigenvalue weighted by atomic mass is 10.2. The number of para-hydroxylation sites is 2. The summed E-state index contributed by atoms with van der Waals surface area (Å²) in [5, 5.41) is 6.52. The Morgan fingerprint density at radius 3 is 2.78 bits per heavy atom. The smallest absolute Gasteiger partial charge is 0.265 e. The summed E-state index contributed by atoms with van der Waals surface area (Å²) < 4.78 is 10.8. The van der Waals surface area contributed by atoms with Crippen LogP contribution in [0.5, 0.6) is 5.75 Å². The van der Waals surface area contributed by atoms with Crippen molar-refractivity contribution in [3.05, 3.63) is 48.4 Å². The molecule has 0 saturated heterocycles. The van der Waals surface area contributed by atoms with Gasteiger partial charge in [-0.15, -0.1) is 24.0 Å². The highest BCUT2D eigenvalue weighted by molar-refractivity contribution is 14.0. The van der Waals surface area contributed by atoms with E-state index in [1.807, 2.05) is 36.4 Å². The lowest BCUT2D eigenvalue weighted by Gasteiger charge is -2.29. The highest BCUT2D eigenvalue weighted by Crippen LogP contribution is 2.31. The molecule has 8 heteroatoms. The van der Waals surface area contributed by atoms with E-state index < -0.39 is 0 Å². The third kappa shape index (κ3) is 5.88. The van der Waals surface area contributed by atoms with Crippen LogP contribution in [0, 0.1) is 0 Å². The van der Waals surface area contributed by atoms with Crippen LogP contribution in [-0.2, 0) is 11.2 Å². The van der Waals surface area contributed by atoms with Gasteiger partial charge >= 0.3 is 0 Å². The number of hydrogen-bond acceptors (Lipinski definition) is 4. The minimum atomic E-state index is -0.00958. The van der Waals surface area contributed by atoms with Gasteiger partial charge in [0.05, 0.1) is 12.0 Å². The van der Waals surface area contributed by atoms with Crippen LogP contribution in [-0.4, -0.2) is 45.2 Å². The summed E-state index contributed by atoms with van der Waals surface area (Å²) in [6, 6.07) is 11.5. The van der Waals surface area contributed by atoms with Gasteiger partial charge in [-0.3, -0.25) is 9.79 Å². The molecule has 0 atom stereocenters. The van der Waals surface area contributed by atoms with Crippen LogP contribution < -0.4 is 20.3 Å². The predicted octanol–water partition coefficient (Wildman–Crippen LogP) is 2.42. The Balaban J connectivity index is 0.00000261. The lowest BCUT2D eigenvalue weighted by molar-refractivity contribution is -0.121. The summed E-state index contributed by atoms with van der Waals surface area (Å²) in [6.45, 7) is 2.19. The molecule has 1 aliphatic heterocycles. The molecule has 2 aromatic rings. The molecular formula is C19H25IN4O3. The fourth-order valence-electron chi connectivity index (χ4n) is 2.82. The number of halogens is 1. The fourth-order valence-corrected chi connectivity index (χ4v) is 2.82. The molecule has 0 saturated carbocycles. The number of rotatable bonds is 7. The van der Waals surface area contributed by atoms with E-state index in [0.717, 1.165) is 42.5 Å². The number of nitrogens with zero attached hydrogens (tertiary/aromatic N) is 2. The van der Waals surface area contributed by atoms with Crippen molar-refractivity contribution in [1.29, 1.82) is 0 Å². The quantitative estimate of drug-likeness (QED) is 0.273. The summed E-state index contributed by atoms with van der Waals surface area (Å²) >= 11 is 0. The van der Waals surface area contributed by atoms with Gasteiger partial charge < -0.3 is 24.7 Å². The number of benzene rings is 1. The van der Waals surface area contributed by atoms with Crippen molar-refractivity contribution in [2.45, 2.75) is 12.8 Å². The Hall–Kier alpha value is -2.23. The van der Waals surface area contributed by atoms with Gasteiger partial charge in [-0.2, -0.15) is 0 Å². The SMILES string of the molecule is CN=C(NCCCN1C(=O)COc2ccccc21)NCCc1ccco1.I. The summed E-state index contributed by atoms with van der Waals surface area (Å²) in [7, 11) is 1.74. The van der Waals surface area contributed by atoms with Gasteiger partial charge in [-0.05, 0) is 30.7 Å². The number of anilines is 1. The third-order valence-electron chi connectivity index (χ3n) is 4.13. The van der Waals surface area contributed by atoms with Gasteiger partial charge in [-0.25, -0.2) is 0 Å². The number of fused-ring (bicyclic) bond motifs is 1. The summed E-state index contributed by atoms with van der Waals surface area (Å²) in [5.74, 6) is 2.43. The van der Waals surface area contributed by atoms with Crippen molar-refractivity contribution in [2.75, 3.05) is 38.2 Å². The van der Waals surface area contributed by atoms with Crippen LogP contribution in [0.25, 0.3) is 0 Å². The molecule has 0 fully saturated rings. The van der Waals surface area contributed by atoms with E-state index >= 15 is 0 Å². The second-order valence-electron chi connectivity index (χ2n) is 5.91. The maximum Gasteiger partial charge on any atom is 0.265 e. The maximum atomic E-state index is 12.1. The van der Waals surface area contributed by atoms with Crippen LogP contribution >= 0.6 is 24.0 Å². The molecule has 3 rings (SSSR count). The van der Waals surface area contributed by atoms with Crippen LogP contribution in [0.3, 0.4) is 0 Å². The van der Waals surface area contributed by atoms with E-state index in [4.69, 9.17) is 9.15 Å². The number of carbonyl (C=O) groups excluding carboxylic acids is 1. The molecule has 2 N–H and O–H groups in total. The largest absolute Gasteiger partial charge is 0.482 e. The molecule has 1 amide bonds. The monoisotopic (exact) mass is 484 g/mol. The van der Waals surface area contributed by atoms with E-state index in [9.17, 15) is 4.79 Å². The van der Waals surface area contributed by atoms with Crippen molar-refractivity contribution in [3.8, 4) is 5.75 Å². The average molecular weight is 484 g/mol. The van der Waals surface area contributed by atoms with Crippen molar-refractivity contribution < 1.29 is 13.9 Å². The molecule has 0 bridgehead atoms. The van der Waals surface area contributed by atoms with Crippen LogP contribution in [0.4, 0.5) is 5.69 Å². The maximum absolute atomic E-state index is 12.1. The fraction of sp³-hybridized carbons (Fsp3) is 0.368. The molecule has 146 valence electrons. The molecule has 1 aromatic carbocycles. The number of hydrogen-bond donors (Lipinski definition) is 2. The Morgan fingerprint density at radius 2 is 2.00 bits per heavy atom. The molecular weight excluding hydrogens is 459 g/mol. The number of aliphatic imine (C=N–C) groups is 1.